The van der Waals surface area contributed by atoms with Gasteiger partial charge in [-0.05, 0) is 0 Å². The Bertz CT molecular complexity index is 207. The average molecular weight is 186 g/mol. The molecule has 1 rings (SSSR count). The molecule has 2 amide bonds. The van der Waals surface area contributed by atoms with Crippen LogP contribution < -0.4 is 0 Å². The van der Waals surface area contributed by atoms with E-state index in [4.69, 9.17) is 0 Å². The third kappa shape index (κ3) is 0.733. The Morgan fingerprint density at radius 1 is 1.00 bits per heavy atom. The zero-order valence-corrected chi connectivity index (χ0v) is 6.31. The molecule has 0 saturated carbocycles. The first-order chi connectivity index (χ1) is 5.23. The van der Waals surface area contributed by atoms with Crippen LogP contribution in [0.4, 0.5) is 22.4 Å². The summed E-state index contributed by atoms with van der Waals surface area (Å²) in [5, 5.41) is 0. The van der Waals surface area contributed by atoms with Crippen molar-refractivity contribution in [2.75, 3.05) is 14.1 Å². The molecule has 0 atom stereocenters. The zero-order valence-electron chi connectivity index (χ0n) is 6.31. The van der Waals surface area contributed by atoms with Crippen molar-refractivity contribution in [1.29, 1.82) is 0 Å². The number of likely N-dealkylation sites (N-methyl/N-ethyl adjacent to an activating group) is 2. The summed E-state index contributed by atoms with van der Waals surface area (Å²) < 4.78 is 50.1. The van der Waals surface area contributed by atoms with Gasteiger partial charge in [-0.25, -0.2) is 4.79 Å². The van der Waals surface area contributed by atoms with Crippen molar-refractivity contribution in [3.05, 3.63) is 0 Å². The number of halogens is 4. The van der Waals surface area contributed by atoms with Gasteiger partial charge in [0.05, 0.1) is 0 Å². The van der Waals surface area contributed by atoms with Crippen LogP contribution in [0.1, 0.15) is 0 Å². The first-order valence-corrected chi connectivity index (χ1v) is 3.00. The summed E-state index contributed by atoms with van der Waals surface area (Å²) in [4.78, 5) is 10.1. The summed E-state index contributed by atoms with van der Waals surface area (Å²) in [5.74, 6) is 0. The van der Waals surface area contributed by atoms with E-state index in [1.165, 1.54) is 0 Å². The summed E-state index contributed by atoms with van der Waals surface area (Å²) in [6.45, 7) is 0. The van der Waals surface area contributed by atoms with E-state index in [0.29, 0.717) is 14.1 Å². The molecule has 0 bridgehead atoms. The third-order valence-corrected chi connectivity index (χ3v) is 1.78. The summed E-state index contributed by atoms with van der Waals surface area (Å²) in [5.41, 5.74) is 0. The van der Waals surface area contributed by atoms with Crippen LogP contribution in [-0.2, 0) is 0 Å². The molecule has 0 aliphatic carbocycles. The smallest absolute Gasteiger partial charge is 0.261 e. The Balaban J connectivity index is 3.14. The van der Waals surface area contributed by atoms with Crippen molar-refractivity contribution in [2.45, 2.75) is 12.1 Å². The molecule has 7 heteroatoms. The third-order valence-electron chi connectivity index (χ3n) is 1.78. The van der Waals surface area contributed by atoms with E-state index in [1.807, 2.05) is 0 Å². The molecule has 70 valence electrons. The molecule has 3 nitrogen and oxygen atoms in total. The molecule has 0 radical (unpaired) electrons. The standard InChI is InChI=1S/C5H6F4N2O/c1-10-3(12)11(2)5(8,9)4(10,6)7/h1-2H3. The van der Waals surface area contributed by atoms with Crippen LogP contribution in [0, 0.1) is 0 Å². The maximum Gasteiger partial charge on any atom is 0.412 e. The fourth-order valence-electron chi connectivity index (χ4n) is 0.869. The Labute approximate surface area is 65.5 Å². The van der Waals surface area contributed by atoms with E-state index in [9.17, 15) is 22.4 Å². The molecule has 0 N–H and O–H groups in total. The number of amides is 2. The van der Waals surface area contributed by atoms with Crippen LogP contribution in [0.15, 0.2) is 0 Å². The van der Waals surface area contributed by atoms with Crippen LogP contribution in [0.2, 0.25) is 0 Å². The minimum Gasteiger partial charge on any atom is -0.261 e. The van der Waals surface area contributed by atoms with Crippen molar-refractivity contribution in [3.63, 3.8) is 0 Å². The number of urea groups is 1. The molecule has 1 saturated heterocycles. The van der Waals surface area contributed by atoms with Crippen LogP contribution in [0.3, 0.4) is 0 Å². The van der Waals surface area contributed by atoms with E-state index in [1.54, 1.807) is 0 Å². The average Bonchev–Trinajstić information content (AvgIpc) is 2.05. The molecule has 1 aliphatic rings. The summed E-state index contributed by atoms with van der Waals surface area (Å²) in [7, 11) is 1.25. The summed E-state index contributed by atoms with van der Waals surface area (Å²) >= 11 is 0. The quantitative estimate of drug-likeness (QED) is 0.411. The Hall–Kier alpha value is -1.01. The lowest BCUT2D eigenvalue weighted by atomic mass is 10.4. The highest BCUT2D eigenvalue weighted by Gasteiger charge is 2.71. The van der Waals surface area contributed by atoms with Crippen LogP contribution in [-0.4, -0.2) is 42.0 Å². The topological polar surface area (TPSA) is 23.6 Å². The minimum absolute atomic E-state index is 0.285. The molecule has 0 aromatic heterocycles. The zero-order chi connectivity index (χ0) is 9.73. The molecule has 0 spiro atoms. The Morgan fingerprint density at radius 3 is 1.33 bits per heavy atom. The Kier molecular flexibility index (Phi) is 1.53. The number of hydrogen-bond acceptors (Lipinski definition) is 1. The number of carbonyl (C=O) groups excluding carboxylic acids is 1. The first-order valence-electron chi connectivity index (χ1n) is 3.00. The summed E-state index contributed by atoms with van der Waals surface area (Å²) in [6.07, 6.45) is 0. The molecule has 0 unspecified atom stereocenters. The number of hydrogen-bond donors (Lipinski definition) is 0. The van der Waals surface area contributed by atoms with Gasteiger partial charge in [0.2, 0.25) is 0 Å². The highest BCUT2D eigenvalue weighted by atomic mass is 19.3. The molecule has 1 fully saturated rings. The SMILES string of the molecule is CN1C(=O)N(C)C(F)(F)C1(F)F. The Morgan fingerprint density at radius 2 is 1.25 bits per heavy atom. The van der Waals surface area contributed by atoms with Crippen molar-refractivity contribution in [1.82, 2.24) is 9.80 Å². The van der Waals surface area contributed by atoms with Gasteiger partial charge >= 0.3 is 18.1 Å². The fourth-order valence-corrected chi connectivity index (χ4v) is 0.869. The van der Waals surface area contributed by atoms with Gasteiger partial charge in [0.1, 0.15) is 0 Å². The molecule has 1 aliphatic heterocycles. The second-order valence-corrected chi connectivity index (χ2v) is 2.48. The predicted molar refractivity (Wildman–Crippen MR) is 30.8 cm³/mol. The van der Waals surface area contributed by atoms with E-state index < -0.39 is 18.1 Å². The largest absolute Gasteiger partial charge is 0.412 e. The number of alkyl halides is 4. The number of rotatable bonds is 0. The van der Waals surface area contributed by atoms with Crippen molar-refractivity contribution in [3.8, 4) is 0 Å². The molecule has 12 heavy (non-hydrogen) atoms. The molecule has 0 aromatic carbocycles. The van der Waals surface area contributed by atoms with Gasteiger partial charge in [-0.1, -0.05) is 0 Å². The van der Waals surface area contributed by atoms with Gasteiger partial charge in [0.25, 0.3) is 0 Å². The highest BCUT2D eigenvalue weighted by Crippen LogP contribution is 2.44. The van der Waals surface area contributed by atoms with Crippen LogP contribution in [0.25, 0.3) is 0 Å². The number of nitrogens with zero attached hydrogens (tertiary/aromatic N) is 2. The van der Waals surface area contributed by atoms with Crippen molar-refractivity contribution in [2.24, 2.45) is 0 Å². The van der Waals surface area contributed by atoms with Crippen molar-refractivity contribution >= 4 is 6.03 Å². The highest BCUT2D eigenvalue weighted by molar-refractivity contribution is 5.77. The second kappa shape index (κ2) is 2.02. The maximum absolute atomic E-state index is 12.5. The van der Waals surface area contributed by atoms with Gasteiger partial charge in [-0.15, -0.1) is 0 Å². The molecular formula is C5H6F4N2O. The first kappa shape index (κ1) is 9.08. The van der Waals surface area contributed by atoms with Crippen LogP contribution >= 0.6 is 0 Å². The van der Waals surface area contributed by atoms with Crippen molar-refractivity contribution < 1.29 is 22.4 Å². The van der Waals surface area contributed by atoms with Gasteiger partial charge < -0.3 is 0 Å². The lowest BCUT2D eigenvalue weighted by molar-refractivity contribution is -0.274. The fraction of sp³-hybridized carbons (Fsp3) is 0.800. The summed E-state index contributed by atoms with van der Waals surface area (Å²) in [6, 6.07) is -10.3. The van der Waals surface area contributed by atoms with Gasteiger partial charge in [-0.2, -0.15) is 17.6 Å². The van der Waals surface area contributed by atoms with Gasteiger partial charge in [0, 0.05) is 14.1 Å². The molecule has 1 heterocycles. The lowest BCUT2D eigenvalue weighted by Crippen LogP contribution is -2.48. The van der Waals surface area contributed by atoms with E-state index in [-0.39, 0.29) is 9.80 Å². The van der Waals surface area contributed by atoms with Gasteiger partial charge in [0.15, 0.2) is 0 Å². The second-order valence-electron chi connectivity index (χ2n) is 2.48. The minimum atomic E-state index is -4.43. The predicted octanol–water partition coefficient (Wildman–Crippen LogP) is 1.17. The number of carbonyl (C=O) groups is 1. The molecule has 0 aromatic rings. The van der Waals surface area contributed by atoms with E-state index in [2.05, 4.69) is 0 Å². The van der Waals surface area contributed by atoms with Gasteiger partial charge in [-0.3, -0.25) is 9.80 Å². The lowest BCUT2D eigenvalue weighted by Gasteiger charge is -2.22. The van der Waals surface area contributed by atoms with Crippen LogP contribution in [0.5, 0.6) is 0 Å². The van der Waals surface area contributed by atoms with E-state index >= 15 is 0 Å². The maximum atomic E-state index is 12.5. The normalized spacial score (nSPS) is 26.7. The monoisotopic (exact) mass is 186 g/mol. The molecular weight excluding hydrogens is 180 g/mol. The van der Waals surface area contributed by atoms with E-state index in [0.717, 1.165) is 0 Å².